The Bertz CT molecular complexity index is 519. The molecule has 6 heteroatoms. The number of phenols is 1. The number of aliphatic carboxylic acids is 1. The van der Waals surface area contributed by atoms with Gasteiger partial charge in [0.1, 0.15) is 11.8 Å². The summed E-state index contributed by atoms with van der Waals surface area (Å²) in [6.45, 7) is 0.0946. The second-order valence-electron chi connectivity index (χ2n) is 4.27. The molecule has 0 spiro atoms. The summed E-state index contributed by atoms with van der Waals surface area (Å²) >= 11 is 0. The lowest BCUT2D eigenvalue weighted by atomic mass is 10.1. The number of hydrogen-bond acceptors (Lipinski definition) is 3. The van der Waals surface area contributed by atoms with Crippen LogP contribution in [-0.2, 0) is 11.2 Å². The number of rotatable bonds is 5. The Morgan fingerprint density at radius 2 is 2.00 bits per heavy atom. The number of nitrogens with zero attached hydrogens (tertiary/aromatic N) is 1. The van der Waals surface area contributed by atoms with Crippen LogP contribution in [0.15, 0.2) is 24.3 Å². The number of carbonyl (C=O) groups is 2. The number of terminal acetylenes is 1. The van der Waals surface area contributed by atoms with Crippen LogP contribution in [0.1, 0.15) is 5.56 Å². The highest BCUT2D eigenvalue weighted by Crippen LogP contribution is 2.11. The van der Waals surface area contributed by atoms with Crippen LogP contribution in [0, 0.1) is 12.3 Å². The van der Waals surface area contributed by atoms with Crippen LogP contribution in [0.3, 0.4) is 0 Å². The molecule has 3 N–H and O–H groups in total. The topological polar surface area (TPSA) is 89.9 Å². The predicted octanol–water partition coefficient (Wildman–Crippen LogP) is 0.662. The molecular formula is C14H16N2O4. The van der Waals surface area contributed by atoms with Gasteiger partial charge in [-0.05, 0) is 17.7 Å². The number of benzene rings is 1. The number of carbonyl (C=O) groups excluding carboxylic acids is 1. The first kappa shape index (κ1) is 15.4. The lowest BCUT2D eigenvalue weighted by Gasteiger charge is -2.19. The normalized spacial score (nSPS) is 11.2. The molecule has 0 saturated heterocycles. The van der Waals surface area contributed by atoms with Crippen molar-refractivity contribution in [2.45, 2.75) is 12.5 Å². The molecule has 20 heavy (non-hydrogen) atoms. The predicted molar refractivity (Wildman–Crippen MR) is 73.2 cm³/mol. The van der Waals surface area contributed by atoms with E-state index in [4.69, 9.17) is 16.6 Å². The van der Waals surface area contributed by atoms with Crippen molar-refractivity contribution in [3.8, 4) is 18.1 Å². The van der Waals surface area contributed by atoms with Gasteiger partial charge in [0.2, 0.25) is 0 Å². The molecule has 0 radical (unpaired) electrons. The molecule has 2 amide bonds. The number of amides is 2. The van der Waals surface area contributed by atoms with E-state index in [1.807, 2.05) is 0 Å². The van der Waals surface area contributed by atoms with Crippen molar-refractivity contribution in [2.24, 2.45) is 0 Å². The van der Waals surface area contributed by atoms with Crippen molar-refractivity contribution in [3.05, 3.63) is 29.8 Å². The first-order valence-electron chi connectivity index (χ1n) is 5.90. The van der Waals surface area contributed by atoms with Crippen LogP contribution in [0.4, 0.5) is 4.79 Å². The van der Waals surface area contributed by atoms with Crippen molar-refractivity contribution in [1.82, 2.24) is 10.2 Å². The van der Waals surface area contributed by atoms with E-state index < -0.39 is 18.0 Å². The van der Waals surface area contributed by atoms with Crippen molar-refractivity contribution in [2.75, 3.05) is 13.6 Å². The molecule has 0 aliphatic rings. The van der Waals surface area contributed by atoms with Crippen LogP contribution in [-0.4, -0.2) is 46.7 Å². The van der Waals surface area contributed by atoms with E-state index in [2.05, 4.69) is 11.2 Å². The second-order valence-corrected chi connectivity index (χ2v) is 4.27. The van der Waals surface area contributed by atoms with Crippen molar-refractivity contribution in [1.29, 1.82) is 0 Å². The fourth-order valence-corrected chi connectivity index (χ4v) is 1.54. The van der Waals surface area contributed by atoms with Crippen molar-refractivity contribution >= 4 is 12.0 Å². The summed E-state index contributed by atoms with van der Waals surface area (Å²) in [5.74, 6) is 1.25. The smallest absolute Gasteiger partial charge is 0.326 e. The summed E-state index contributed by atoms with van der Waals surface area (Å²) in [5.41, 5.74) is 0.690. The van der Waals surface area contributed by atoms with E-state index in [1.54, 1.807) is 12.1 Å². The van der Waals surface area contributed by atoms with Gasteiger partial charge in [-0.25, -0.2) is 9.59 Å². The Balaban J connectivity index is 2.70. The van der Waals surface area contributed by atoms with Crippen LogP contribution in [0.25, 0.3) is 0 Å². The Hall–Kier alpha value is -2.68. The van der Waals surface area contributed by atoms with Gasteiger partial charge in [-0.3, -0.25) is 0 Å². The number of aromatic hydroxyl groups is 1. The van der Waals surface area contributed by atoms with Crippen molar-refractivity contribution in [3.63, 3.8) is 0 Å². The zero-order chi connectivity index (χ0) is 15.1. The van der Waals surface area contributed by atoms with Gasteiger partial charge in [-0.2, -0.15) is 0 Å². The highest BCUT2D eigenvalue weighted by Gasteiger charge is 2.21. The number of nitrogens with one attached hydrogen (secondary N) is 1. The number of hydrogen-bond donors (Lipinski definition) is 3. The van der Waals surface area contributed by atoms with E-state index in [0.717, 1.165) is 0 Å². The molecule has 1 rings (SSSR count). The van der Waals surface area contributed by atoms with Gasteiger partial charge < -0.3 is 20.4 Å². The maximum Gasteiger partial charge on any atom is 0.326 e. The molecule has 0 aromatic heterocycles. The Kier molecular flexibility index (Phi) is 5.42. The molecule has 0 bridgehead atoms. The summed E-state index contributed by atoms with van der Waals surface area (Å²) in [5, 5.41) is 20.7. The van der Waals surface area contributed by atoms with Gasteiger partial charge in [0.15, 0.2) is 0 Å². The van der Waals surface area contributed by atoms with Crippen molar-refractivity contribution < 1.29 is 19.8 Å². The van der Waals surface area contributed by atoms with E-state index in [0.29, 0.717) is 5.56 Å². The molecule has 0 saturated carbocycles. The van der Waals surface area contributed by atoms with Crippen LogP contribution < -0.4 is 5.32 Å². The highest BCUT2D eigenvalue weighted by molar-refractivity contribution is 5.82. The Morgan fingerprint density at radius 1 is 1.40 bits per heavy atom. The Morgan fingerprint density at radius 3 is 2.50 bits per heavy atom. The zero-order valence-corrected chi connectivity index (χ0v) is 11.0. The lowest BCUT2D eigenvalue weighted by molar-refractivity contribution is -0.139. The highest BCUT2D eigenvalue weighted by atomic mass is 16.4. The summed E-state index contributed by atoms with van der Waals surface area (Å²) in [6, 6.07) is 4.51. The minimum absolute atomic E-state index is 0.0946. The van der Waals surface area contributed by atoms with Crippen LogP contribution in [0.5, 0.6) is 5.75 Å². The van der Waals surface area contributed by atoms with E-state index in [1.165, 1.54) is 24.1 Å². The lowest BCUT2D eigenvalue weighted by Crippen LogP contribution is -2.47. The second kappa shape index (κ2) is 7.04. The molecule has 0 unspecified atom stereocenters. The third kappa shape index (κ3) is 4.53. The van der Waals surface area contributed by atoms with Gasteiger partial charge in [0.05, 0.1) is 6.54 Å². The number of carboxylic acids is 1. The Labute approximate surface area is 117 Å². The number of urea groups is 1. The molecule has 1 atom stereocenters. The monoisotopic (exact) mass is 276 g/mol. The molecule has 1 aromatic carbocycles. The van der Waals surface area contributed by atoms with Gasteiger partial charge in [-0.1, -0.05) is 18.1 Å². The SMILES string of the molecule is C#CCN(C)C(=O)N[C@H](Cc1ccc(O)cc1)C(=O)O. The first-order chi connectivity index (χ1) is 9.43. The fourth-order valence-electron chi connectivity index (χ4n) is 1.54. The molecule has 6 nitrogen and oxygen atoms in total. The minimum Gasteiger partial charge on any atom is -0.508 e. The summed E-state index contributed by atoms with van der Waals surface area (Å²) in [6.07, 6.45) is 5.20. The molecule has 0 aliphatic carbocycles. The number of carboxylic acid groups (broad SMARTS) is 1. The summed E-state index contributed by atoms with van der Waals surface area (Å²) in [7, 11) is 1.48. The van der Waals surface area contributed by atoms with Gasteiger partial charge in [0, 0.05) is 13.5 Å². The number of phenolic OH excluding ortho intramolecular Hbond substituents is 1. The zero-order valence-electron chi connectivity index (χ0n) is 11.0. The summed E-state index contributed by atoms with van der Waals surface area (Å²) < 4.78 is 0. The van der Waals surface area contributed by atoms with E-state index in [-0.39, 0.29) is 18.7 Å². The van der Waals surface area contributed by atoms with Crippen LogP contribution in [0.2, 0.25) is 0 Å². The van der Waals surface area contributed by atoms with Gasteiger partial charge >= 0.3 is 12.0 Å². The standard InChI is InChI=1S/C14H16N2O4/c1-3-8-16(2)14(20)15-12(13(18)19)9-10-4-6-11(17)7-5-10/h1,4-7,12,17H,8-9H2,2H3,(H,15,20)(H,18,19)/t12-/m1/s1. The fraction of sp³-hybridized carbons (Fsp3) is 0.286. The maximum absolute atomic E-state index is 11.7. The largest absolute Gasteiger partial charge is 0.508 e. The maximum atomic E-state index is 11.7. The van der Waals surface area contributed by atoms with Gasteiger partial charge in [-0.15, -0.1) is 6.42 Å². The third-order valence-electron chi connectivity index (χ3n) is 2.65. The molecule has 0 fully saturated rings. The van der Waals surface area contributed by atoms with Crippen LogP contribution >= 0.6 is 0 Å². The molecule has 0 heterocycles. The third-order valence-corrected chi connectivity index (χ3v) is 2.65. The minimum atomic E-state index is -1.14. The molecule has 106 valence electrons. The van der Waals surface area contributed by atoms with E-state index >= 15 is 0 Å². The quantitative estimate of drug-likeness (QED) is 0.689. The average Bonchev–Trinajstić information content (AvgIpc) is 2.40. The molecule has 1 aromatic rings. The molecular weight excluding hydrogens is 260 g/mol. The first-order valence-corrected chi connectivity index (χ1v) is 5.90. The molecule has 0 aliphatic heterocycles. The van der Waals surface area contributed by atoms with Gasteiger partial charge in [0.25, 0.3) is 0 Å². The average molecular weight is 276 g/mol. The van der Waals surface area contributed by atoms with E-state index in [9.17, 15) is 9.59 Å². The summed E-state index contributed by atoms with van der Waals surface area (Å²) in [4.78, 5) is 24.1.